The minimum atomic E-state index is 0.267. The van der Waals surface area contributed by atoms with Crippen molar-refractivity contribution in [3.63, 3.8) is 0 Å². The van der Waals surface area contributed by atoms with E-state index >= 15 is 0 Å². The lowest BCUT2D eigenvalue weighted by molar-refractivity contribution is 0.450. The van der Waals surface area contributed by atoms with Crippen LogP contribution in [0.4, 0.5) is 0 Å². The minimum Gasteiger partial charge on any atom is -0.508 e. The monoisotopic (exact) mass is 258 g/mol. The van der Waals surface area contributed by atoms with Crippen LogP contribution in [-0.2, 0) is 0 Å². The lowest BCUT2D eigenvalue weighted by atomic mass is 10.1. The first-order valence-electron chi connectivity index (χ1n) is 6.16. The molecule has 0 aliphatic heterocycles. The summed E-state index contributed by atoms with van der Waals surface area (Å²) in [6.45, 7) is 7.43. The van der Waals surface area contributed by atoms with Crippen molar-refractivity contribution >= 4 is 0 Å². The number of benzene rings is 2. The Bertz CT molecular complexity index is 575. The van der Waals surface area contributed by atoms with Gasteiger partial charge in [0.05, 0.1) is 0 Å². The number of aryl methyl sites for hydroxylation is 4. The van der Waals surface area contributed by atoms with Gasteiger partial charge in [0, 0.05) is 0 Å². The predicted molar refractivity (Wildman–Crippen MR) is 75.2 cm³/mol. The Balaban J connectivity index is 2.42. The second kappa shape index (κ2) is 4.84. The van der Waals surface area contributed by atoms with Crippen molar-refractivity contribution in [2.24, 2.45) is 0 Å². The molecular weight excluding hydrogens is 240 g/mol. The van der Waals surface area contributed by atoms with Crippen LogP contribution in [-0.4, -0.2) is 10.2 Å². The van der Waals surface area contributed by atoms with Crippen molar-refractivity contribution in [3.8, 4) is 23.0 Å². The number of hydrogen-bond donors (Lipinski definition) is 2. The van der Waals surface area contributed by atoms with Gasteiger partial charge in [-0.3, -0.25) is 0 Å². The van der Waals surface area contributed by atoms with Crippen LogP contribution in [0.15, 0.2) is 24.3 Å². The second-order valence-corrected chi connectivity index (χ2v) is 4.91. The third-order valence-electron chi connectivity index (χ3n) is 3.21. The second-order valence-electron chi connectivity index (χ2n) is 4.91. The Morgan fingerprint density at radius 1 is 0.632 bits per heavy atom. The Labute approximate surface area is 113 Å². The summed E-state index contributed by atoms with van der Waals surface area (Å²) in [5, 5.41) is 19.3. The minimum absolute atomic E-state index is 0.267. The molecule has 0 heterocycles. The molecule has 0 saturated carbocycles. The molecule has 0 unspecified atom stereocenters. The SMILES string of the molecule is Cc1cc(Oc2cc(C)c(O)cc2C)c(C)cc1O. The quantitative estimate of drug-likeness (QED) is 0.851. The van der Waals surface area contributed by atoms with Crippen LogP contribution in [0.2, 0.25) is 0 Å². The van der Waals surface area contributed by atoms with E-state index in [2.05, 4.69) is 0 Å². The topological polar surface area (TPSA) is 49.7 Å². The van der Waals surface area contributed by atoms with E-state index in [4.69, 9.17) is 4.74 Å². The van der Waals surface area contributed by atoms with Gasteiger partial charge in [-0.15, -0.1) is 0 Å². The fourth-order valence-corrected chi connectivity index (χ4v) is 1.89. The molecule has 0 bridgehead atoms. The number of rotatable bonds is 2. The van der Waals surface area contributed by atoms with Gasteiger partial charge in [-0.05, 0) is 74.2 Å². The predicted octanol–water partition coefficient (Wildman–Crippen LogP) is 4.12. The zero-order valence-electron chi connectivity index (χ0n) is 11.6. The molecule has 2 N–H and O–H groups in total. The van der Waals surface area contributed by atoms with Gasteiger partial charge in [0.25, 0.3) is 0 Å². The summed E-state index contributed by atoms with van der Waals surface area (Å²) in [4.78, 5) is 0. The Hall–Kier alpha value is -2.16. The van der Waals surface area contributed by atoms with Crippen molar-refractivity contribution in [2.75, 3.05) is 0 Å². The van der Waals surface area contributed by atoms with E-state index in [0.717, 1.165) is 22.3 Å². The van der Waals surface area contributed by atoms with Crippen LogP contribution in [0, 0.1) is 27.7 Å². The molecule has 0 saturated heterocycles. The fraction of sp³-hybridized carbons (Fsp3) is 0.250. The summed E-state index contributed by atoms with van der Waals surface area (Å²) in [6.07, 6.45) is 0. The van der Waals surface area contributed by atoms with Crippen LogP contribution in [0.5, 0.6) is 23.0 Å². The molecular formula is C16H18O3. The number of phenols is 2. The van der Waals surface area contributed by atoms with Gasteiger partial charge in [-0.2, -0.15) is 0 Å². The lowest BCUT2D eigenvalue weighted by Crippen LogP contribution is -1.92. The van der Waals surface area contributed by atoms with Crippen LogP contribution in [0.1, 0.15) is 22.3 Å². The average molecular weight is 258 g/mol. The Morgan fingerprint density at radius 2 is 1.00 bits per heavy atom. The van der Waals surface area contributed by atoms with Crippen molar-refractivity contribution in [1.29, 1.82) is 0 Å². The van der Waals surface area contributed by atoms with Crippen molar-refractivity contribution in [2.45, 2.75) is 27.7 Å². The standard InChI is InChI=1S/C16H18O3/c1-9-7-15(11(3)5-13(9)17)19-16-8-10(2)14(18)6-12(16)4/h5-8,17-18H,1-4H3. The highest BCUT2D eigenvalue weighted by molar-refractivity contribution is 5.50. The third kappa shape index (κ3) is 2.65. The molecule has 0 aliphatic rings. The summed E-state index contributed by atoms with van der Waals surface area (Å²) in [7, 11) is 0. The third-order valence-corrected chi connectivity index (χ3v) is 3.21. The molecule has 0 radical (unpaired) electrons. The van der Waals surface area contributed by atoms with E-state index in [-0.39, 0.29) is 11.5 Å². The number of ether oxygens (including phenoxy) is 1. The number of hydrogen-bond acceptors (Lipinski definition) is 3. The maximum absolute atomic E-state index is 9.64. The first-order chi connectivity index (χ1) is 8.88. The molecule has 2 aromatic rings. The summed E-state index contributed by atoms with van der Waals surface area (Å²) in [5.41, 5.74) is 3.28. The first-order valence-corrected chi connectivity index (χ1v) is 6.16. The molecule has 0 fully saturated rings. The number of aromatic hydroxyl groups is 2. The van der Waals surface area contributed by atoms with Gasteiger partial charge >= 0.3 is 0 Å². The van der Waals surface area contributed by atoms with Crippen LogP contribution in [0.25, 0.3) is 0 Å². The normalized spacial score (nSPS) is 10.5. The molecule has 0 spiro atoms. The van der Waals surface area contributed by atoms with E-state index in [1.54, 1.807) is 12.1 Å². The van der Waals surface area contributed by atoms with E-state index in [1.165, 1.54) is 0 Å². The van der Waals surface area contributed by atoms with Gasteiger partial charge in [0.2, 0.25) is 0 Å². The molecule has 19 heavy (non-hydrogen) atoms. The molecule has 0 aromatic heterocycles. The maximum atomic E-state index is 9.64. The molecule has 100 valence electrons. The van der Waals surface area contributed by atoms with E-state index in [9.17, 15) is 10.2 Å². The molecule has 3 nitrogen and oxygen atoms in total. The van der Waals surface area contributed by atoms with E-state index in [0.29, 0.717) is 11.5 Å². The first kappa shape index (κ1) is 13.3. The fourth-order valence-electron chi connectivity index (χ4n) is 1.89. The summed E-state index contributed by atoms with van der Waals surface area (Å²) < 4.78 is 5.89. The summed E-state index contributed by atoms with van der Waals surface area (Å²) in [6, 6.07) is 7.00. The largest absolute Gasteiger partial charge is 0.508 e. The van der Waals surface area contributed by atoms with Gasteiger partial charge in [0.15, 0.2) is 0 Å². The molecule has 3 heteroatoms. The summed E-state index contributed by atoms with van der Waals surface area (Å²) in [5.74, 6) is 1.96. The van der Waals surface area contributed by atoms with Gasteiger partial charge in [-0.25, -0.2) is 0 Å². The lowest BCUT2D eigenvalue weighted by Gasteiger charge is -2.14. The molecule has 2 rings (SSSR count). The van der Waals surface area contributed by atoms with E-state index < -0.39 is 0 Å². The zero-order valence-corrected chi connectivity index (χ0v) is 11.6. The van der Waals surface area contributed by atoms with Crippen LogP contribution >= 0.6 is 0 Å². The van der Waals surface area contributed by atoms with Gasteiger partial charge in [-0.1, -0.05) is 0 Å². The van der Waals surface area contributed by atoms with Crippen LogP contribution in [0.3, 0.4) is 0 Å². The highest BCUT2D eigenvalue weighted by Crippen LogP contribution is 2.34. The highest BCUT2D eigenvalue weighted by atomic mass is 16.5. The van der Waals surface area contributed by atoms with Crippen molar-refractivity contribution in [1.82, 2.24) is 0 Å². The molecule has 0 aliphatic carbocycles. The highest BCUT2D eigenvalue weighted by Gasteiger charge is 2.09. The van der Waals surface area contributed by atoms with E-state index in [1.807, 2.05) is 39.8 Å². The molecule has 2 aromatic carbocycles. The van der Waals surface area contributed by atoms with Crippen LogP contribution < -0.4 is 4.74 Å². The zero-order chi connectivity index (χ0) is 14.2. The van der Waals surface area contributed by atoms with Crippen molar-refractivity contribution in [3.05, 3.63) is 46.5 Å². The smallest absolute Gasteiger partial charge is 0.130 e. The van der Waals surface area contributed by atoms with Crippen molar-refractivity contribution < 1.29 is 14.9 Å². The number of phenolic OH excluding ortho intramolecular Hbond substituents is 2. The van der Waals surface area contributed by atoms with Gasteiger partial charge < -0.3 is 14.9 Å². The molecule has 0 amide bonds. The van der Waals surface area contributed by atoms with Gasteiger partial charge in [0.1, 0.15) is 23.0 Å². The molecule has 0 atom stereocenters. The average Bonchev–Trinajstić information content (AvgIpc) is 2.32. The Morgan fingerprint density at radius 3 is 1.37 bits per heavy atom. The maximum Gasteiger partial charge on any atom is 0.130 e. The summed E-state index contributed by atoms with van der Waals surface area (Å²) >= 11 is 0. The Kier molecular flexibility index (Phi) is 3.38.